The summed E-state index contributed by atoms with van der Waals surface area (Å²) < 4.78 is 5.78. The Labute approximate surface area is 167 Å². The van der Waals surface area contributed by atoms with Crippen molar-refractivity contribution in [3.8, 4) is 17.4 Å². The first-order chi connectivity index (χ1) is 14.2. The van der Waals surface area contributed by atoms with Crippen LogP contribution in [0, 0.1) is 46.8 Å². The zero-order chi connectivity index (χ0) is 19.7. The summed E-state index contributed by atoms with van der Waals surface area (Å²) in [6.07, 6.45) is 6.83. The van der Waals surface area contributed by atoms with Crippen LogP contribution in [0.15, 0.2) is 58.1 Å². The van der Waals surface area contributed by atoms with Crippen LogP contribution in [0.25, 0.3) is 11.3 Å². The number of carbonyl (C=O) groups is 2. The van der Waals surface area contributed by atoms with Gasteiger partial charge in [0.1, 0.15) is 11.5 Å². The molecule has 2 aromatic rings. The summed E-state index contributed by atoms with van der Waals surface area (Å²) in [6.45, 7) is 0. The van der Waals surface area contributed by atoms with E-state index >= 15 is 0 Å². The Kier molecular flexibility index (Phi) is 3.28. The summed E-state index contributed by atoms with van der Waals surface area (Å²) in [5, 5.41) is 14.5. The third kappa shape index (κ3) is 2.24. The Morgan fingerprint density at radius 3 is 2.41 bits per heavy atom. The second kappa shape index (κ2) is 5.77. The lowest BCUT2D eigenvalue weighted by Crippen LogP contribution is -2.40. The maximum absolute atomic E-state index is 12.9. The fraction of sp³-hybridized carbons (Fsp3) is 0.304. The average Bonchev–Trinajstić information content (AvgIpc) is 3.39. The first kappa shape index (κ1) is 16.5. The predicted molar refractivity (Wildman–Crippen MR) is 103 cm³/mol. The van der Waals surface area contributed by atoms with Gasteiger partial charge in [-0.15, -0.1) is 0 Å². The van der Waals surface area contributed by atoms with E-state index in [0.717, 1.165) is 11.4 Å². The maximum Gasteiger partial charge on any atom is 0.254 e. The van der Waals surface area contributed by atoms with Crippen molar-refractivity contribution in [2.24, 2.45) is 40.6 Å². The molecule has 2 bridgehead atoms. The van der Waals surface area contributed by atoms with Gasteiger partial charge in [0.25, 0.3) is 11.8 Å². The molecule has 29 heavy (non-hydrogen) atoms. The zero-order valence-corrected chi connectivity index (χ0v) is 15.4. The first-order valence-corrected chi connectivity index (χ1v) is 9.87. The minimum absolute atomic E-state index is 0.185. The van der Waals surface area contributed by atoms with Crippen molar-refractivity contribution in [2.75, 3.05) is 0 Å². The lowest BCUT2D eigenvalue weighted by Gasteiger charge is -2.37. The summed E-state index contributed by atoms with van der Waals surface area (Å²) in [4.78, 5) is 25.9. The number of rotatable bonds is 3. The number of nitriles is 1. The lowest BCUT2D eigenvalue weighted by molar-refractivity contribution is -0.140. The minimum Gasteiger partial charge on any atom is -0.455 e. The largest absolute Gasteiger partial charge is 0.455 e. The van der Waals surface area contributed by atoms with Crippen molar-refractivity contribution < 1.29 is 14.0 Å². The molecule has 2 saturated carbocycles. The standard InChI is InChI=1S/C23H17N3O3/c24-10-12-3-1-2-4-14(12)19-8-5-13(29-19)11-25-26-22(27)20-15-6-7-16(18-9-17(15)18)21(20)23(26)28/h1-8,11,15-18,20-21H,9H2/b25-11-/t15-,16-,17-,18+,20+,21+/m1/s1. The van der Waals surface area contributed by atoms with Gasteiger partial charge in [-0.25, -0.2) is 0 Å². The molecule has 1 aliphatic heterocycles. The third-order valence-corrected chi connectivity index (χ3v) is 6.88. The number of hydrogen-bond acceptors (Lipinski definition) is 5. The number of imide groups is 1. The molecule has 142 valence electrons. The van der Waals surface area contributed by atoms with Crippen molar-refractivity contribution in [2.45, 2.75) is 6.42 Å². The van der Waals surface area contributed by atoms with Crippen LogP contribution in [0.1, 0.15) is 17.7 Å². The maximum atomic E-state index is 12.9. The molecule has 7 rings (SSSR count). The SMILES string of the molecule is N#Cc1ccccc1-c1ccc(/C=N\N2C(=O)[C@H]3[C@@H]4C=C[C@H]([C@@H]5C[C@H]45)[C@@H]3C2=O)o1. The molecule has 0 radical (unpaired) electrons. The third-order valence-electron chi connectivity index (χ3n) is 6.88. The number of nitrogens with zero attached hydrogens (tertiary/aromatic N) is 3. The molecular formula is C23H17N3O3. The van der Waals surface area contributed by atoms with E-state index in [9.17, 15) is 14.9 Å². The molecule has 0 spiro atoms. The van der Waals surface area contributed by atoms with Gasteiger partial charge in [-0.3, -0.25) is 9.59 Å². The summed E-state index contributed by atoms with van der Waals surface area (Å²) in [5.74, 6) is 1.57. The molecule has 5 aliphatic rings. The molecular weight excluding hydrogens is 366 g/mol. The van der Waals surface area contributed by atoms with Crippen LogP contribution in [0.4, 0.5) is 0 Å². The summed E-state index contributed by atoms with van der Waals surface area (Å²) in [6, 6.07) is 12.8. The lowest BCUT2D eigenvalue weighted by atomic mass is 9.63. The number of furan rings is 1. The molecule has 6 nitrogen and oxygen atoms in total. The smallest absolute Gasteiger partial charge is 0.254 e. The molecule has 1 aromatic heterocycles. The van der Waals surface area contributed by atoms with Crippen LogP contribution < -0.4 is 0 Å². The Bertz CT molecular complexity index is 1120. The Balaban J connectivity index is 1.26. The van der Waals surface area contributed by atoms with Crippen LogP contribution in [-0.2, 0) is 9.59 Å². The van der Waals surface area contributed by atoms with E-state index in [1.165, 1.54) is 6.21 Å². The van der Waals surface area contributed by atoms with E-state index < -0.39 is 0 Å². The fourth-order valence-electron chi connectivity index (χ4n) is 5.53. The van der Waals surface area contributed by atoms with E-state index in [0.29, 0.717) is 34.5 Å². The van der Waals surface area contributed by atoms with Gasteiger partial charge in [0, 0.05) is 5.56 Å². The molecule has 1 saturated heterocycles. The Morgan fingerprint density at radius 1 is 1.03 bits per heavy atom. The van der Waals surface area contributed by atoms with Crippen LogP contribution in [-0.4, -0.2) is 23.0 Å². The minimum atomic E-state index is -0.256. The Hall–Kier alpha value is -3.46. The average molecular weight is 383 g/mol. The van der Waals surface area contributed by atoms with Crippen molar-refractivity contribution >= 4 is 18.0 Å². The Morgan fingerprint density at radius 2 is 1.72 bits per heavy atom. The number of hydrazone groups is 1. The topological polar surface area (TPSA) is 86.7 Å². The molecule has 0 N–H and O–H groups in total. The van der Waals surface area contributed by atoms with Crippen molar-refractivity contribution in [1.82, 2.24) is 5.01 Å². The number of hydrogen-bond donors (Lipinski definition) is 0. The van der Waals surface area contributed by atoms with Gasteiger partial charge >= 0.3 is 0 Å². The summed E-state index contributed by atoms with van der Waals surface area (Å²) in [7, 11) is 0. The van der Waals surface area contributed by atoms with Crippen molar-refractivity contribution in [1.29, 1.82) is 5.26 Å². The van der Waals surface area contributed by atoms with E-state index in [-0.39, 0.29) is 35.5 Å². The first-order valence-electron chi connectivity index (χ1n) is 9.87. The molecule has 6 heteroatoms. The molecule has 3 fully saturated rings. The van der Waals surface area contributed by atoms with Crippen LogP contribution in [0.5, 0.6) is 0 Å². The normalized spacial score (nSPS) is 33.8. The van der Waals surface area contributed by atoms with Gasteiger partial charge in [0.2, 0.25) is 0 Å². The van der Waals surface area contributed by atoms with Crippen LogP contribution in [0.2, 0.25) is 0 Å². The van der Waals surface area contributed by atoms with Gasteiger partial charge in [0.05, 0.1) is 29.7 Å². The molecule has 2 amide bonds. The quantitative estimate of drug-likeness (QED) is 0.463. The van der Waals surface area contributed by atoms with Gasteiger partial charge < -0.3 is 4.42 Å². The molecule has 4 aliphatic carbocycles. The van der Waals surface area contributed by atoms with Gasteiger partial charge in [-0.1, -0.05) is 24.3 Å². The number of amides is 2. The number of carbonyl (C=O) groups excluding carboxylic acids is 2. The van der Waals surface area contributed by atoms with E-state index in [4.69, 9.17) is 4.42 Å². The second-order valence-electron chi connectivity index (χ2n) is 8.25. The fourth-order valence-corrected chi connectivity index (χ4v) is 5.53. The highest BCUT2D eigenvalue weighted by atomic mass is 16.3. The number of benzene rings is 1. The highest BCUT2D eigenvalue weighted by molar-refractivity contribution is 6.06. The van der Waals surface area contributed by atoms with Crippen LogP contribution >= 0.6 is 0 Å². The van der Waals surface area contributed by atoms with Crippen molar-refractivity contribution in [3.63, 3.8) is 0 Å². The van der Waals surface area contributed by atoms with E-state index in [1.807, 2.05) is 12.1 Å². The predicted octanol–water partition coefficient (Wildman–Crippen LogP) is 3.21. The highest BCUT2D eigenvalue weighted by Gasteiger charge is 2.67. The molecule has 6 atom stereocenters. The summed E-state index contributed by atoms with van der Waals surface area (Å²) >= 11 is 0. The van der Waals surface area contributed by atoms with Gasteiger partial charge in [0.15, 0.2) is 0 Å². The second-order valence-corrected chi connectivity index (χ2v) is 8.25. The monoisotopic (exact) mass is 383 g/mol. The molecule has 2 heterocycles. The zero-order valence-electron chi connectivity index (χ0n) is 15.4. The number of allylic oxidation sites excluding steroid dienone is 2. The van der Waals surface area contributed by atoms with Crippen molar-refractivity contribution in [3.05, 3.63) is 59.9 Å². The summed E-state index contributed by atoms with van der Waals surface area (Å²) in [5.41, 5.74) is 1.21. The van der Waals surface area contributed by atoms with E-state index in [2.05, 4.69) is 23.3 Å². The molecule has 1 aromatic carbocycles. The molecule has 0 unspecified atom stereocenters. The van der Waals surface area contributed by atoms with E-state index in [1.54, 1.807) is 24.3 Å². The highest BCUT2D eigenvalue weighted by Crippen LogP contribution is 2.65. The van der Waals surface area contributed by atoms with Gasteiger partial charge in [-0.05, 0) is 54.4 Å². The van der Waals surface area contributed by atoms with Crippen LogP contribution in [0.3, 0.4) is 0 Å². The van der Waals surface area contributed by atoms with Gasteiger partial charge in [-0.2, -0.15) is 15.4 Å².